The molecule has 0 saturated carbocycles. The topological polar surface area (TPSA) is 81.4 Å². The smallest absolute Gasteiger partial charge is 0.309 e. The van der Waals surface area contributed by atoms with Gasteiger partial charge in [0.1, 0.15) is 5.60 Å². The third-order valence-electron chi connectivity index (χ3n) is 2.70. The number of nitrogens with one attached hydrogen (secondary N) is 1. The molecule has 1 aromatic carbocycles. The molecule has 0 aliphatic rings. The van der Waals surface area contributed by atoms with Crippen LogP contribution in [0.5, 0.6) is 0 Å². The zero-order chi connectivity index (χ0) is 13.8. The summed E-state index contributed by atoms with van der Waals surface area (Å²) in [6.07, 6.45) is 0. The lowest BCUT2D eigenvalue weighted by Crippen LogP contribution is -2.44. The SMILES string of the molecule is CO[C@@](C)(CNC(=O)C(N)=O)c1cccc(Cl)c1. The van der Waals surface area contributed by atoms with Gasteiger partial charge in [-0.05, 0) is 24.6 Å². The third kappa shape index (κ3) is 3.45. The lowest BCUT2D eigenvalue weighted by Gasteiger charge is -2.28. The molecular weight excluding hydrogens is 256 g/mol. The quantitative estimate of drug-likeness (QED) is 0.794. The van der Waals surface area contributed by atoms with E-state index in [4.69, 9.17) is 22.1 Å². The lowest BCUT2D eigenvalue weighted by molar-refractivity contribution is -0.138. The Kier molecular flexibility index (Phi) is 4.69. The van der Waals surface area contributed by atoms with Gasteiger partial charge in [0.2, 0.25) is 0 Å². The molecule has 98 valence electrons. The maximum atomic E-state index is 11.1. The molecule has 2 amide bonds. The molecule has 0 spiro atoms. The van der Waals surface area contributed by atoms with Gasteiger partial charge in [0.05, 0.1) is 6.54 Å². The summed E-state index contributed by atoms with van der Waals surface area (Å²) >= 11 is 5.90. The van der Waals surface area contributed by atoms with Crippen molar-refractivity contribution in [3.05, 3.63) is 34.9 Å². The van der Waals surface area contributed by atoms with E-state index >= 15 is 0 Å². The van der Waals surface area contributed by atoms with Crippen molar-refractivity contribution in [2.75, 3.05) is 13.7 Å². The van der Waals surface area contributed by atoms with Gasteiger partial charge in [0.25, 0.3) is 0 Å². The number of halogens is 1. The van der Waals surface area contributed by atoms with E-state index < -0.39 is 17.4 Å². The van der Waals surface area contributed by atoms with Crippen molar-refractivity contribution in [3.8, 4) is 0 Å². The van der Waals surface area contributed by atoms with Crippen LogP contribution < -0.4 is 11.1 Å². The molecule has 0 fully saturated rings. The van der Waals surface area contributed by atoms with Crippen LogP contribution in [0.4, 0.5) is 0 Å². The molecule has 0 aromatic heterocycles. The molecule has 0 unspecified atom stereocenters. The Morgan fingerprint density at radius 3 is 2.67 bits per heavy atom. The number of hydrogen-bond acceptors (Lipinski definition) is 3. The predicted molar refractivity (Wildman–Crippen MR) is 68.0 cm³/mol. The van der Waals surface area contributed by atoms with E-state index in [9.17, 15) is 9.59 Å². The highest BCUT2D eigenvalue weighted by Gasteiger charge is 2.27. The number of ether oxygens (including phenoxy) is 1. The van der Waals surface area contributed by atoms with Crippen molar-refractivity contribution in [1.29, 1.82) is 0 Å². The summed E-state index contributed by atoms with van der Waals surface area (Å²) in [5, 5.41) is 2.98. The predicted octanol–water partition coefficient (Wildman–Crippen LogP) is 0.803. The molecule has 0 saturated heterocycles. The summed E-state index contributed by atoms with van der Waals surface area (Å²) in [5.41, 5.74) is 4.87. The third-order valence-corrected chi connectivity index (χ3v) is 2.93. The van der Waals surface area contributed by atoms with Gasteiger partial charge in [-0.15, -0.1) is 0 Å². The van der Waals surface area contributed by atoms with Gasteiger partial charge >= 0.3 is 11.8 Å². The molecule has 0 aliphatic heterocycles. The highest BCUT2D eigenvalue weighted by atomic mass is 35.5. The van der Waals surface area contributed by atoms with E-state index in [0.717, 1.165) is 5.56 Å². The molecule has 3 N–H and O–H groups in total. The van der Waals surface area contributed by atoms with Crippen molar-refractivity contribution in [3.63, 3.8) is 0 Å². The summed E-state index contributed by atoms with van der Waals surface area (Å²) in [4.78, 5) is 21.8. The fourth-order valence-corrected chi connectivity index (χ4v) is 1.64. The van der Waals surface area contributed by atoms with Gasteiger partial charge in [0, 0.05) is 12.1 Å². The second-order valence-corrected chi connectivity index (χ2v) is 4.43. The summed E-state index contributed by atoms with van der Waals surface area (Å²) in [7, 11) is 1.51. The molecule has 0 radical (unpaired) electrons. The molecule has 0 aliphatic carbocycles. The summed E-state index contributed by atoms with van der Waals surface area (Å²) in [6.45, 7) is 1.89. The fraction of sp³-hybridized carbons (Fsp3) is 0.333. The molecule has 0 heterocycles. The standard InChI is InChI=1S/C12H15ClN2O3/c1-12(18-2,7-15-11(17)10(14)16)8-4-3-5-9(13)6-8/h3-6H,7H2,1-2H3,(H2,14,16)(H,15,17)/t12-/m0/s1. The number of benzene rings is 1. The number of carbonyl (C=O) groups excluding carboxylic acids is 2. The lowest BCUT2D eigenvalue weighted by atomic mass is 9.95. The summed E-state index contributed by atoms with van der Waals surface area (Å²) in [6, 6.07) is 7.08. The molecule has 5 nitrogen and oxygen atoms in total. The Morgan fingerprint density at radius 2 is 2.17 bits per heavy atom. The first-order valence-electron chi connectivity index (χ1n) is 5.28. The molecule has 1 rings (SSSR count). The minimum Gasteiger partial charge on any atom is -0.372 e. The number of rotatable bonds is 4. The average molecular weight is 271 g/mol. The number of primary amides is 1. The van der Waals surface area contributed by atoms with Gasteiger partial charge in [-0.25, -0.2) is 0 Å². The zero-order valence-electron chi connectivity index (χ0n) is 10.2. The van der Waals surface area contributed by atoms with Gasteiger partial charge in [-0.3, -0.25) is 9.59 Å². The van der Waals surface area contributed by atoms with Crippen LogP contribution >= 0.6 is 11.6 Å². The summed E-state index contributed by atoms with van der Waals surface area (Å²) in [5.74, 6) is -1.88. The minimum absolute atomic E-state index is 0.117. The molecule has 1 aromatic rings. The molecular formula is C12H15ClN2O3. The van der Waals surface area contributed by atoms with Crippen LogP contribution in [-0.2, 0) is 19.9 Å². The average Bonchev–Trinajstić information content (AvgIpc) is 2.35. The van der Waals surface area contributed by atoms with Gasteiger partial charge < -0.3 is 15.8 Å². The Labute approximate surface area is 110 Å². The van der Waals surface area contributed by atoms with Gasteiger partial charge in [-0.2, -0.15) is 0 Å². The van der Waals surface area contributed by atoms with Gasteiger partial charge in [0.15, 0.2) is 0 Å². The van der Waals surface area contributed by atoms with Crippen LogP contribution in [0.2, 0.25) is 5.02 Å². The molecule has 6 heteroatoms. The Hall–Kier alpha value is -1.59. The van der Waals surface area contributed by atoms with E-state index in [1.54, 1.807) is 25.1 Å². The van der Waals surface area contributed by atoms with E-state index in [1.807, 2.05) is 6.07 Å². The first-order valence-corrected chi connectivity index (χ1v) is 5.65. The Morgan fingerprint density at radius 1 is 1.50 bits per heavy atom. The van der Waals surface area contributed by atoms with Crippen LogP contribution in [0.1, 0.15) is 12.5 Å². The number of nitrogens with two attached hydrogens (primary N) is 1. The number of hydrogen-bond donors (Lipinski definition) is 2. The van der Waals surface area contributed by atoms with Crippen LogP contribution in [0.25, 0.3) is 0 Å². The van der Waals surface area contributed by atoms with E-state index in [0.29, 0.717) is 5.02 Å². The normalized spacial score (nSPS) is 13.7. The van der Waals surface area contributed by atoms with E-state index in [2.05, 4.69) is 5.32 Å². The highest BCUT2D eigenvalue weighted by Crippen LogP contribution is 2.26. The van der Waals surface area contributed by atoms with Crippen molar-refractivity contribution in [2.45, 2.75) is 12.5 Å². The second-order valence-electron chi connectivity index (χ2n) is 3.99. The zero-order valence-corrected chi connectivity index (χ0v) is 11.0. The minimum atomic E-state index is -1.03. The molecule has 18 heavy (non-hydrogen) atoms. The van der Waals surface area contributed by atoms with Gasteiger partial charge in [-0.1, -0.05) is 23.7 Å². The van der Waals surface area contributed by atoms with Crippen LogP contribution in [-0.4, -0.2) is 25.5 Å². The molecule has 0 bridgehead atoms. The Balaban J connectivity index is 2.86. The summed E-state index contributed by atoms with van der Waals surface area (Å²) < 4.78 is 5.38. The fourth-order valence-electron chi connectivity index (χ4n) is 1.45. The van der Waals surface area contributed by atoms with Crippen LogP contribution in [0.15, 0.2) is 24.3 Å². The number of methoxy groups -OCH3 is 1. The van der Waals surface area contributed by atoms with Crippen molar-refractivity contribution >= 4 is 23.4 Å². The van der Waals surface area contributed by atoms with E-state index in [-0.39, 0.29) is 6.54 Å². The highest BCUT2D eigenvalue weighted by molar-refractivity contribution is 6.34. The van der Waals surface area contributed by atoms with Crippen LogP contribution in [0, 0.1) is 0 Å². The number of carbonyl (C=O) groups is 2. The monoisotopic (exact) mass is 270 g/mol. The van der Waals surface area contributed by atoms with Crippen LogP contribution in [0.3, 0.4) is 0 Å². The maximum Gasteiger partial charge on any atom is 0.309 e. The Bertz CT molecular complexity index is 464. The second kappa shape index (κ2) is 5.84. The first-order chi connectivity index (χ1) is 8.39. The van der Waals surface area contributed by atoms with E-state index in [1.165, 1.54) is 7.11 Å². The van der Waals surface area contributed by atoms with Crippen molar-refractivity contribution < 1.29 is 14.3 Å². The maximum absolute atomic E-state index is 11.1. The van der Waals surface area contributed by atoms with Crippen molar-refractivity contribution in [1.82, 2.24) is 5.32 Å². The number of amides is 2. The molecule has 1 atom stereocenters. The first kappa shape index (κ1) is 14.5. The largest absolute Gasteiger partial charge is 0.372 e. The van der Waals surface area contributed by atoms with Crippen molar-refractivity contribution in [2.24, 2.45) is 5.73 Å².